The van der Waals surface area contributed by atoms with Crippen molar-refractivity contribution in [2.45, 2.75) is 66.6 Å². The van der Waals surface area contributed by atoms with E-state index < -0.39 is 0 Å². The minimum Gasteiger partial charge on any atom is -0.396 e. The van der Waals surface area contributed by atoms with Crippen LogP contribution in [0.1, 0.15) is 52.4 Å². The van der Waals surface area contributed by atoms with E-state index in [2.05, 4.69) is 45.0 Å². The number of aryl methyl sites for hydroxylation is 2. The monoisotopic (exact) mass is 301 g/mol. The van der Waals surface area contributed by atoms with Gasteiger partial charge in [-0.3, -0.25) is 4.68 Å². The molecule has 4 nitrogen and oxygen atoms in total. The van der Waals surface area contributed by atoms with Crippen molar-refractivity contribution in [3.05, 3.63) is 16.4 Å². The standard InChI is InChI=1S/C15H28ClN3O/c1-6-11-14(16)12(19(7-2)18-11)10-17-13(8-9-20)15(3,4)5/h13,17,20H,6-10H2,1-5H3. The van der Waals surface area contributed by atoms with Crippen LogP contribution in [0.3, 0.4) is 0 Å². The summed E-state index contributed by atoms with van der Waals surface area (Å²) >= 11 is 6.41. The lowest BCUT2D eigenvalue weighted by Gasteiger charge is -2.31. The van der Waals surface area contributed by atoms with Gasteiger partial charge in [0.05, 0.1) is 16.4 Å². The highest BCUT2D eigenvalue weighted by Crippen LogP contribution is 2.25. The van der Waals surface area contributed by atoms with Crippen molar-refractivity contribution >= 4 is 11.6 Å². The van der Waals surface area contributed by atoms with E-state index in [0.29, 0.717) is 6.54 Å². The molecule has 1 aromatic rings. The first-order valence-electron chi connectivity index (χ1n) is 7.43. The van der Waals surface area contributed by atoms with Gasteiger partial charge < -0.3 is 10.4 Å². The molecule has 1 unspecified atom stereocenters. The van der Waals surface area contributed by atoms with Crippen molar-refractivity contribution in [3.63, 3.8) is 0 Å². The van der Waals surface area contributed by atoms with Gasteiger partial charge in [0.1, 0.15) is 0 Å². The van der Waals surface area contributed by atoms with E-state index in [1.54, 1.807) is 0 Å². The SMILES string of the molecule is CCc1nn(CC)c(CNC(CCO)C(C)(C)C)c1Cl. The zero-order valence-corrected chi connectivity index (χ0v) is 14.1. The highest BCUT2D eigenvalue weighted by atomic mass is 35.5. The van der Waals surface area contributed by atoms with E-state index in [1.165, 1.54) is 0 Å². The number of halogens is 1. The third-order valence-corrected chi connectivity index (χ3v) is 4.11. The summed E-state index contributed by atoms with van der Waals surface area (Å²) in [5.74, 6) is 0. The molecule has 2 N–H and O–H groups in total. The van der Waals surface area contributed by atoms with E-state index in [-0.39, 0.29) is 18.1 Å². The normalized spacial score (nSPS) is 13.8. The quantitative estimate of drug-likeness (QED) is 0.814. The van der Waals surface area contributed by atoms with Gasteiger partial charge in [-0.05, 0) is 25.2 Å². The highest BCUT2D eigenvalue weighted by molar-refractivity contribution is 6.31. The lowest BCUT2D eigenvalue weighted by molar-refractivity contribution is 0.195. The molecule has 0 aliphatic heterocycles. The molecule has 116 valence electrons. The van der Waals surface area contributed by atoms with Crippen molar-refractivity contribution < 1.29 is 5.11 Å². The second-order valence-corrected chi connectivity index (χ2v) is 6.57. The average molecular weight is 302 g/mol. The molecule has 1 heterocycles. The van der Waals surface area contributed by atoms with E-state index in [4.69, 9.17) is 11.6 Å². The number of hydrogen-bond donors (Lipinski definition) is 2. The van der Waals surface area contributed by atoms with Crippen LogP contribution in [-0.4, -0.2) is 27.5 Å². The van der Waals surface area contributed by atoms with Crippen LogP contribution in [0.4, 0.5) is 0 Å². The molecule has 0 fully saturated rings. The van der Waals surface area contributed by atoms with Crippen LogP contribution in [0.25, 0.3) is 0 Å². The van der Waals surface area contributed by atoms with Crippen LogP contribution >= 0.6 is 11.6 Å². The third kappa shape index (κ3) is 4.21. The first-order valence-corrected chi connectivity index (χ1v) is 7.81. The maximum atomic E-state index is 9.21. The highest BCUT2D eigenvalue weighted by Gasteiger charge is 2.24. The summed E-state index contributed by atoms with van der Waals surface area (Å²) in [7, 11) is 0. The zero-order valence-electron chi connectivity index (χ0n) is 13.3. The zero-order chi connectivity index (χ0) is 15.3. The van der Waals surface area contributed by atoms with Crippen LogP contribution < -0.4 is 5.32 Å². The Morgan fingerprint density at radius 2 is 2.00 bits per heavy atom. The predicted molar refractivity (Wildman–Crippen MR) is 84.1 cm³/mol. The van der Waals surface area contributed by atoms with Crippen LogP contribution in [0.5, 0.6) is 0 Å². The Kier molecular flexibility index (Phi) is 6.49. The van der Waals surface area contributed by atoms with Crippen molar-refractivity contribution in [1.82, 2.24) is 15.1 Å². The summed E-state index contributed by atoms with van der Waals surface area (Å²) in [6.07, 6.45) is 1.58. The van der Waals surface area contributed by atoms with Crippen molar-refractivity contribution in [2.24, 2.45) is 5.41 Å². The molecule has 0 aromatic carbocycles. The average Bonchev–Trinajstić information content (AvgIpc) is 2.69. The molecule has 1 aromatic heterocycles. The molecule has 1 atom stereocenters. The molecule has 0 spiro atoms. The predicted octanol–water partition coefficient (Wildman–Crippen LogP) is 3.01. The van der Waals surface area contributed by atoms with Gasteiger partial charge in [-0.1, -0.05) is 39.3 Å². The molecule has 1 rings (SSSR count). The second kappa shape index (κ2) is 7.43. The van der Waals surface area contributed by atoms with Crippen molar-refractivity contribution in [2.75, 3.05) is 6.61 Å². The molecule has 20 heavy (non-hydrogen) atoms. The topological polar surface area (TPSA) is 50.1 Å². The first kappa shape index (κ1) is 17.5. The number of aliphatic hydroxyl groups is 1. The van der Waals surface area contributed by atoms with Crippen LogP contribution in [0, 0.1) is 5.41 Å². The summed E-state index contributed by atoms with van der Waals surface area (Å²) < 4.78 is 1.97. The van der Waals surface area contributed by atoms with Crippen LogP contribution in [-0.2, 0) is 19.5 Å². The minimum absolute atomic E-state index is 0.0971. The number of hydrogen-bond acceptors (Lipinski definition) is 3. The van der Waals surface area contributed by atoms with E-state index in [1.807, 2.05) is 4.68 Å². The fourth-order valence-electron chi connectivity index (χ4n) is 2.38. The maximum absolute atomic E-state index is 9.21. The van der Waals surface area contributed by atoms with Gasteiger partial charge in [-0.25, -0.2) is 0 Å². The summed E-state index contributed by atoms with van der Waals surface area (Å²) in [5, 5.41) is 18.0. The summed E-state index contributed by atoms with van der Waals surface area (Å²) in [6, 6.07) is 0.244. The van der Waals surface area contributed by atoms with E-state index >= 15 is 0 Å². The lowest BCUT2D eigenvalue weighted by atomic mass is 9.85. The Bertz CT molecular complexity index is 423. The van der Waals surface area contributed by atoms with Gasteiger partial charge in [0.2, 0.25) is 0 Å². The van der Waals surface area contributed by atoms with Gasteiger partial charge in [-0.15, -0.1) is 0 Å². The van der Waals surface area contributed by atoms with Crippen LogP contribution in [0.2, 0.25) is 5.02 Å². The number of nitrogens with zero attached hydrogens (tertiary/aromatic N) is 2. The van der Waals surface area contributed by atoms with Gasteiger partial charge >= 0.3 is 0 Å². The molecule has 5 heteroatoms. The minimum atomic E-state index is 0.0971. The number of aromatic nitrogens is 2. The Hall–Kier alpha value is -0.580. The number of aliphatic hydroxyl groups excluding tert-OH is 1. The largest absolute Gasteiger partial charge is 0.396 e. The van der Waals surface area contributed by atoms with Gasteiger partial charge in [0.15, 0.2) is 0 Å². The Balaban J connectivity index is 2.85. The van der Waals surface area contributed by atoms with Gasteiger partial charge in [0.25, 0.3) is 0 Å². The van der Waals surface area contributed by atoms with Crippen molar-refractivity contribution in [3.8, 4) is 0 Å². The molecule has 0 aliphatic carbocycles. The van der Waals surface area contributed by atoms with Gasteiger partial charge in [0, 0.05) is 25.7 Å². The maximum Gasteiger partial charge on any atom is 0.0863 e. The number of rotatable bonds is 7. The fraction of sp³-hybridized carbons (Fsp3) is 0.800. The molecule has 0 radical (unpaired) electrons. The number of nitrogens with one attached hydrogen (secondary N) is 1. The van der Waals surface area contributed by atoms with Crippen molar-refractivity contribution in [1.29, 1.82) is 0 Å². The fourth-order valence-corrected chi connectivity index (χ4v) is 2.71. The molecule has 0 bridgehead atoms. The summed E-state index contributed by atoms with van der Waals surface area (Å²) in [4.78, 5) is 0. The summed E-state index contributed by atoms with van der Waals surface area (Å²) in [5.41, 5.74) is 2.10. The Labute approximate surface area is 127 Å². The molecule has 0 saturated carbocycles. The van der Waals surface area contributed by atoms with E-state index in [0.717, 1.165) is 35.8 Å². The molecule has 0 amide bonds. The molecule has 0 saturated heterocycles. The second-order valence-electron chi connectivity index (χ2n) is 6.19. The Morgan fingerprint density at radius 3 is 2.45 bits per heavy atom. The molecular weight excluding hydrogens is 274 g/mol. The van der Waals surface area contributed by atoms with E-state index in [9.17, 15) is 5.11 Å². The lowest BCUT2D eigenvalue weighted by Crippen LogP contribution is -2.41. The van der Waals surface area contributed by atoms with Gasteiger partial charge in [-0.2, -0.15) is 5.10 Å². The summed E-state index contributed by atoms with van der Waals surface area (Å²) in [6.45, 7) is 12.4. The molecular formula is C15H28ClN3O. The Morgan fingerprint density at radius 1 is 1.35 bits per heavy atom. The first-order chi connectivity index (χ1) is 9.35. The smallest absolute Gasteiger partial charge is 0.0863 e. The molecule has 0 aliphatic rings. The third-order valence-electron chi connectivity index (χ3n) is 3.67. The van der Waals surface area contributed by atoms with Crippen LogP contribution in [0.15, 0.2) is 0 Å².